The quantitative estimate of drug-likeness (QED) is 0.596. The standard InChI is InChI=1S/C20H20N2O4S/c23-20(11-14-27(24,25)19-9-2-1-3-10-19)22(16-18-8-6-13-26-18)15-17-7-4-5-12-21-17/h1-10,12-13H,11,14-16H2. The number of amides is 1. The van der Waals surface area contributed by atoms with Crippen LogP contribution in [0.5, 0.6) is 0 Å². The molecule has 0 N–H and O–H groups in total. The van der Waals surface area contributed by atoms with Gasteiger partial charge in [-0.3, -0.25) is 9.78 Å². The predicted molar refractivity (Wildman–Crippen MR) is 100 cm³/mol. The number of furan rings is 1. The smallest absolute Gasteiger partial charge is 0.224 e. The maximum Gasteiger partial charge on any atom is 0.224 e. The van der Waals surface area contributed by atoms with Crippen LogP contribution in [0.4, 0.5) is 0 Å². The Morgan fingerprint density at radius 1 is 0.963 bits per heavy atom. The molecule has 1 amide bonds. The lowest BCUT2D eigenvalue weighted by atomic mass is 10.3. The van der Waals surface area contributed by atoms with Crippen LogP contribution in [0, 0.1) is 0 Å². The highest BCUT2D eigenvalue weighted by Crippen LogP contribution is 2.14. The van der Waals surface area contributed by atoms with Crippen LogP contribution < -0.4 is 0 Å². The largest absolute Gasteiger partial charge is 0.467 e. The molecule has 2 aromatic heterocycles. The number of rotatable bonds is 8. The van der Waals surface area contributed by atoms with E-state index in [9.17, 15) is 13.2 Å². The Hall–Kier alpha value is -2.93. The van der Waals surface area contributed by atoms with E-state index in [1.807, 2.05) is 12.1 Å². The first-order chi connectivity index (χ1) is 13.0. The third-order valence-corrected chi connectivity index (χ3v) is 5.78. The van der Waals surface area contributed by atoms with E-state index in [0.717, 1.165) is 5.69 Å². The summed E-state index contributed by atoms with van der Waals surface area (Å²) in [7, 11) is -3.51. The number of benzene rings is 1. The summed E-state index contributed by atoms with van der Waals surface area (Å²) in [6.45, 7) is 0.541. The van der Waals surface area contributed by atoms with Crippen molar-refractivity contribution >= 4 is 15.7 Å². The third kappa shape index (κ3) is 5.27. The molecule has 0 bridgehead atoms. The molecule has 2 heterocycles. The number of hydrogen-bond acceptors (Lipinski definition) is 5. The van der Waals surface area contributed by atoms with Crippen molar-refractivity contribution in [1.82, 2.24) is 9.88 Å². The lowest BCUT2D eigenvalue weighted by Crippen LogP contribution is -2.31. The van der Waals surface area contributed by atoms with Crippen molar-refractivity contribution in [2.75, 3.05) is 5.75 Å². The monoisotopic (exact) mass is 384 g/mol. The van der Waals surface area contributed by atoms with Gasteiger partial charge in [0.2, 0.25) is 5.91 Å². The van der Waals surface area contributed by atoms with Gasteiger partial charge in [0.15, 0.2) is 9.84 Å². The van der Waals surface area contributed by atoms with Gasteiger partial charge < -0.3 is 9.32 Å². The zero-order chi connectivity index (χ0) is 19.1. The van der Waals surface area contributed by atoms with Crippen molar-refractivity contribution in [3.8, 4) is 0 Å². The van der Waals surface area contributed by atoms with Gasteiger partial charge in [-0.2, -0.15) is 0 Å². The Bertz CT molecular complexity index is 956. The lowest BCUT2D eigenvalue weighted by Gasteiger charge is -2.21. The van der Waals surface area contributed by atoms with Gasteiger partial charge in [0.25, 0.3) is 0 Å². The Balaban J connectivity index is 1.70. The van der Waals surface area contributed by atoms with Crippen LogP contribution in [-0.4, -0.2) is 30.0 Å². The number of carbonyl (C=O) groups excluding carboxylic acids is 1. The molecule has 0 radical (unpaired) electrons. The second-order valence-electron chi connectivity index (χ2n) is 6.03. The number of aromatic nitrogens is 1. The van der Waals surface area contributed by atoms with E-state index < -0.39 is 9.84 Å². The summed E-state index contributed by atoms with van der Waals surface area (Å²) in [6.07, 6.45) is 3.09. The molecule has 140 valence electrons. The van der Waals surface area contributed by atoms with Gasteiger partial charge >= 0.3 is 0 Å². The highest BCUT2D eigenvalue weighted by molar-refractivity contribution is 7.91. The highest BCUT2D eigenvalue weighted by atomic mass is 32.2. The van der Waals surface area contributed by atoms with E-state index in [2.05, 4.69) is 4.98 Å². The normalized spacial score (nSPS) is 11.3. The molecule has 0 unspecified atom stereocenters. The minimum atomic E-state index is -3.51. The Kier molecular flexibility index (Phi) is 6.03. The molecule has 0 spiro atoms. The van der Waals surface area contributed by atoms with E-state index >= 15 is 0 Å². The summed E-state index contributed by atoms with van der Waals surface area (Å²) in [5, 5.41) is 0. The topological polar surface area (TPSA) is 80.5 Å². The van der Waals surface area contributed by atoms with Crippen molar-refractivity contribution in [2.24, 2.45) is 0 Å². The van der Waals surface area contributed by atoms with E-state index in [-0.39, 0.29) is 36.1 Å². The fourth-order valence-corrected chi connectivity index (χ4v) is 3.89. The molecule has 1 aromatic carbocycles. The van der Waals surface area contributed by atoms with Crippen LogP contribution in [0.2, 0.25) is 0 Å². The van der Waals surface area contributed by atoms with Crippen LogP contribution in [0.15, 0.2) is 82.4 Å². The van der Waals surface area contributed by atoms with Gasteiger partial charge in [0.05, 0.1) is 35.7 Å². The zero-order valence-electron chi connectivity index (χ0n) is 14.7. The average molecular weight is 384 g/mol. The Morgan fingerprint density at radius 2 is 1.74 bits per heavy atom. The van der Waals surface area contributed by atoms with Crippen LogP contribution in [0.3, 0.4) is 0 Å². The fraction of sp³-hybridized carbons (Fsp3) is 0.200. The summed E-state index contributed by atoms with van der Waals surface area (Å²) in [5.41, 5.74) is 0.725. The maximum absolute atomic E-state index is 12.7. The van der Waals surface area contributed by atoms with Crippen LogP contribution in [0.25, 0.3) is 0 Å². The molecule has 27 heavy (non-hydrogen) atoms. The summed E-state index contributed by atoms with van der Waals surface area (Å²) in [5.74, 6) is 0.119. The first-order valence-electron chi connectivity index (χ1n) is 8.52. The van der Waals surface area contributed by atoms with E-state index in [0.29, 0.717) is 5.76 Å². The predicted octanol–water partition coefficient (Wildman–Crippen LogP) is 3.07. The van der Waals surface area contributed by atoms with Gasteiger partial charge in [0.1, 0.15) is 5.76 Å². The zero-order valence-corrected chi connectivity index (χ0v) is 15.5. The molecular weight excluding hydrogens is 364 g/mol. The van der Waals surface area contributed by atoms with Gasteiger partial charge in [-0.1, -0.05) is 24.3 Å². The molecule has 3 aromatic rings. The van der Waals surface area contributed by atoms with E-state index in [1.54, 1.807) is 53.8 Å². The minimum absolute atomic E-state index is 0.106. The maximum atomic E-state index is 12.7. The second kappa shape index (κ2) is 8.64. The number of nitrogens with zero attached hydrogens (tertiary/aromatic N) is 2. The van der Waals surface area contributed by atoms with Gasteiger partial charge in [-0.15, -0.1) is 0 Å². The SMILES string of the molecule is O=C(CCS(=O)(=O)c1ccccc1)N(Cc1ccccn1)Cc1ccco1. The first kappa shape index (κ1) is 18.8. The van der Waals surface area contributed by atoms with Gasteiger partial charge in [0, 0.05) is 12.6 Å². The molecule has 3 rings (SSSR count). The molecule has 0 saturated heterocycles. The Labute approximate surface area is 158 Å². The van der Waals surface area contributed by atoms with E-state index in [1.165, 1.54) is 12.1 Å². The van der Waals surface area contributed by atoms with E-state index in [4.69, 9.17) is 4.42 Å². The lowest BCUT2D eigenvalue weighted by molar-refractivity contribution is -0.132. The van der Waals surface area contributed by atoms with Crippen molar-refractivity contribution in [1.29, 1.82) is 0 Å². The van der Waals surface area contributed by atoms with Crippen molar-refractivity contribution in [3.63, 3.8) is 0 Å². The molecule has 7 heteroatoms. The van der Waals surface area contributed by atoms with Gasteiger partial charge in [-0.05, 0) is 36.4 Å². The summed E-state index contributed by atoms with van der Waals surface area (Å²) in [6, 6.07) is 17.1. The molecule has 0 aliphatic carbocycles. The number of carbonyl (C=O) groups is 1. The van der Waals surface area contributed by atoms with Crippen LogP contribution in [-0.2, 0) is 27.7 Å². The molecule has 0 saturated carbocycles. The summed E-state index contributed by atoms with van der Waals surface area (Å²) >= 11 is 0. The molecule has 6 nitrogen and oxygen atoms in total. The van der Waals surface area contributed by atoms with Crippen molar-refractivity contribution in [2.45, 2.75) is 24.4 Å². The fourth-order valence-electron chi connectivity index (χ4n) is 2.64. The average Bonchev–Trinajstić information content (AvgIpc) is 3.20. The molecule has 0 fully saturated rings. The Morgan fingerprint density at radius 3 is 2.41 bits per heavy atom. The van der Waals surface area contributed by atoms with Crippen LogP contribution in [0.1, 0.15) is 17.9 Å². The number of sulfone groups is 1. The molecule has 0 aliphatic heterocycles. The summed E-state index contributed by atoms with van der Waals surface area (Å²) in [4.78, 5) is 18.8. The summed E-state index contributed by atoms with van der Waals surface area (Å²) < 4.78 is 30.2. The minimum Gasteiger partial charge on any atom is -0.467 e. The van der Waals surface area contributed by atoms with Gasteiger partial charge in [-0.25, -0.2) is 8.42 Å². The van der Waals surface area contributed by atoms with Crippen LogP contribution >= 0.6 is 0 Å². The molecule has 0 atom stereocenters. The van der Waals surface area contributed by atoms with Crippen molar-refractivity contribution in [3.05, 3.63) is 84.6 Å². The molecule has 0 aliphatic rings. The van der Waals surface area contributed by atoms with Crippen molar-refractivity contribution < 1.29 is 17.6 Å². The molecular formula is C20H20N2O4S. The number of hydrogen-bond donors (Lipinski definition) is 0. The number of pyridine rings is 1. The third-order valence-electron chi connectivity index (χ3n) is 4.05. The first-order valence-corrected chi connectivity index (χ1v) is 10.2. The second-order valence-corrected chi connectivity index (χ2v) is 8.14. The highest BCUT2D eigenvalue weighted by Gasteiger charge is 2.21.